The molecule has 7 nitrogen and oxygen atoms in total. The molecule has 124 valence electrons. The predicted molar refractivity (Wildman–Crippen MR) is 93.9 cm³/mol. The second-order valence-electron chi connectivity index (χ2n) is 5.20. The van der Waals surface area contributed by atoms with E-state index in [2.05, 4.69) is 25.9 Å². The van der Waals surface area contributed by atoms with Gasteiger partial charge in [0, 0.05) is 19.3 Å². The molecule has 2 aromatic heterocycles. The Hall–Kier alpha value is -2.74. The molecule has 0 aliphatic rings. The average Bonchev–Trinajstić information content (AvgIpc) is 3.22. The number of aromatic nitrogens is 4. The number of urea groups is 1. The van der Waals surface area contributed by atoms with Crippen LogP contribution in [0.2, 0.25) is 0 Å². The van der Waals surface area contributed by atoms with Crippen LogP contribution in [-0.4, -0.2) is 32.6 Å². The van der Waals surface area contributed by atoms with Crippen LogP contribution in [-0.2, 0) is 6.54 Å². The number of anilines is 1. The molecule has 0 spiro atoms. The molecule has 0 saturated heterocycles. The Labute approximate surface area is 143 Å². The summed E-state index contributed by atoms with van der Waals surface area (Å²) in [5.41, 5.74) is 2.02. The van der Waals surface area contributed by atoms with Crippen LogP contribution in [0.4, 0.5) is 9.93 Å². The molecule has 0 saturated carbocycles. The van der Waals surface area contributed by atoms with E-state index in [1.54, 1.807) is 17.1 Å². The van der Waals surface area contributed by atoms with Crippen LogP contribution >= 0.6 is 11.3 Å². The van der Waals surface area contributed by atoms with E-state index < -0.39 is 0 Å². The average molecular weight is 342 g/mol. The van der Waals surface area contributed by atoms with E-state index in [1.807, 2.05) is 37.3 Å². The molecule has 2 amide bonds. The molecule has 0 aliphatic heterocycles. The van der Waals surface area contributed by atoms with Crippen molar-refractivity contribution in [2.45, 2.75) is 19.9 Å². The highest BCUT2D eigenvalue weighted by Crippen LogP contribution is 2.32. The number of thiazole rings is 1. The second-order valence-corrected chi connectivity index (χ2v) is 6.20. The third kappa shape index (κ3) is 4.17. The second kappa shape index (κ2) is 7.69. The highest BCUT2D eigenvalue weighted by atomic mass is 32.1. The Bertz CT molecular complexity index is 784. The minimum absolute atomic E-state index is 0.248. The van der Waals surface area contributed by atoms with Crippen molar-refractivity contribution in [3.05, 3.63) is 48.4 Å². The fourth-order valence-electron chi connectivity index (χ4n) is 2.24. The lowest BCUT2D eigenvalue weighted by atomic mass is 10.2. The maximum Gasteiger partial charge on any atom is 0.321 e. The van der Waals surface area contributed by atoms with Gasteiger partial charge in [-0.15, -0.1) is 5.10 Å². The van der Waals surface area contributed by atoms with Gasteiger partial charge in [0.15, 0.2) is 5.13 Å². The molecule has 1 aromatic carbocycles. The molecule has 24 heavy (non-hydrogen) atoms. The molecule has 3 rings (SSSR count). The SMILES string of the molecule is Cc1nc(NC(=O)NCCCn2ccnn2)sc1-c1ccccc1. The fourth-order valence-corrected chi connectivity index (χ4v) is 3.21. The lowest BCUT2D eigenvalue weighted by molar-refractivity contribution is 0.251. The van der Waals surface area contributed by atoms with Gasteiger partial charge in [0.2, 0.25) is 0 Å². The number of carbonyl (C=O) groups is 1. The van der Waals surface area contributed by atoms with Gasteiger partial charge in [-0.05, 0) is 18.9 Å². The molecule has 2 N–H and O–H groups in total. The summed E-state index contributed by atoms with van der Waals surface area (Å²) >= 11 is 1.47. The summed E-state index contributed by atoms with van der Waals surface area (Å²) in [6, 6.07) is 9.78. The normalized spacial score (nSPS) is 10.5. The molecule has 0 fully saturated rings. The van der Waals surface area contributed by atoms with Crippen LogP contribution in [0, 0.1) is 6.92 Å². The van der Waals surface area contributed by atoms with E-state index in [9.17, 15) is 4.79 Å². The van der Waals surface area contributed by atoms with Crippen molar-refractivity contribution in [2.24, 2.45) is 0 Å². The molecule has 2 heterocycles. The molecular formula is C16H18N6OS. The van der Waals surface area contributed by atoms with Crippen molar-refractivity contribution in [1.82, 2.24) is 25.3 Å². The smallest absolute Gasteiger partial charge is 0.321 e. The van der Waals surface area contributed by atoms with Crippen LogP contribution in [0.3, 0.4) is 0 Å². The maximum atomic E-state index is 11.9. The number of benzene rings is 1. The van der Waals surface area contributed by atoms with Gasteiger partial charge in [-0.1, -0.05) is 46.9 Å². The number of rotatable bonds is 6. The molecule has 3 aromatic rings. The van der Waals surface area contributed by atoms with Crippen molar-refractivity contribution >= 4 is 22.5 Å². The Balaban J connectivity index is 1.50. The molecule has 0 bridgehead atoms. The summed E-state index contributed by atoms with van der Waals surface area (Å²) in [7, 11) is 0. The number of hydrogen-bond donors (Lipinski definition) is 2. The first-order valence-corrected chi connectivity index (χ1v) is 8.46. The number of nitrogens with one attached hydrogen (secondary N) is 2. The van der Waals surface area contributed by atoms with Crippen molar-refractivity contribution in [1.29, 1.82) is 0 Å². The lowest BCUT2D eigenvalue weighted by Crippen LogP contribution is -2.30. The van der Waals surface area contributed by atoms with E-state index in [0.29, 0.717) is 11.7 Å². The van der Waals surface area contributed by atoms with Gasteiger partial charge in [-0.2, -0.15) is 0 Å². The number of hydrogen-bond acceptors (Lipinski definition) is 5. The summed E-state index contributed by atoms with van der Waals surface area (Å²) in [5.74, 6) is 0. The fraction of sp³-hybridized carbons (Fsp3) is 0.250. The molecule has 0 aliphatic carbocycles. The third-order valence-corrected chi connectivity index (χ3v) is 4.50. The molecular weight excluding hydrogens is 324 g/mol. The van der Waals surface area contributed by atoms with Crippen molar-refractivity contribution in [3.63, 3.8) is 0 Å². The maximum absolute atomic E-state index is 11.9. The number of carbonyl (C=O) groups excluding carboxylic acids is 1. The first-order valence-electron chi connectivity index (χ1n) is 7.64. The lowest BCUT2D eigenvalue weighted by Gasteiger charge is -2.05. The van der Waals surface area contributed by atoms with Crippen LogP contribution in [0.5, 0.6) is 0 Å². The van der Waals surface area contributed by atoms with E-state index in [4.69, 9.17) is 0 Å². The van der Waals surface area contributed by atoms with Crippen molar-refractivity contribution in [2.75, 3.05) is 11.9 Å². The number of aryl methyl sites for hydroxylation is 2. The zero-order valence-electron chi connectivity index (χ0n) is 13.3. The zero-order valence-corrected chi connectivity index (χ0v) is 14.1. The summed E-state index contributed by atoms with van der Waals surface area (Å²) in [4.78, 5) is 17.4. The summed E-state index contributed by atoms with van der Waals surface area (Å²) in [6.45, 7) is 3.22. The van der Waals surface area contributed by atoms with Gasteiger partial charge >= 0.3 is 6.03 Å². The molecule has 0 unspecified atom stereocenters. The van der Waals surface area contributed by atoms with Crippen molar-refractivity contribution < 1.29 is 4.79 Å². The third-order valence-electron chi connectivity index (χ3n) is 3.37. The monoisotopic (exact) mass is 342 g/mol. The molecule has 0 radical (unpaired) electrons. The summed E-state index contributed by atoms with van der Waals surface area (Å²) in [5, 5.41) is 13.8. The first-order chi connectivity index (χ1) is 11.7. The van der Waals surface area contributed by atoms with Gasteiger partial charge < -0.3 is 5.32 Å². The predicted octanol–water partition coefficient (Wildman–Crippen LogP) is 2.92. The first kappa shape index (κ1) is 16.1. The number of nitrogens with zero attached hydrogens (tertiary/aromatic N) is 4. The van der Waals surface area contributed by atoms with Gasteiger partial charge in [0.1, 0.15) is 0 Å². The number of amides is 2. The minimum atomic E-state index is -0.248. The standard InChI is InChI=1S/C16H18N6OS/c1-12-14(13-6-3-2-4-7-13)24-16(19-12)20-15(23)17-8-5-10-22-11-9-18-21-22/h2-4,6-7,9,11H,5,8,10H2,1H3,(H2,17,19,20,23). The van der Waals surface area contributed by atoms with Crippen LogP contribution < -0.4 is 10.6 Å². The Kier molecular flexibility index (Phi) is 5.17. The minimum Gasteiger partial charge on any atom is -0.338 e. The highest BCUT2D eigenvalue weighted by molar-refractivity contribution is 7.19. The van der Waals surface area contributed by atoms with Crippen LogP contribution in [0.25, 0.3) is 10.4 Å². The van der Waals surface area contributed by atoms with E-state index in [1.165, 1.54) is 11.3 Å². The van der Waals surface area contributed by atoms with Gasteiger partial charge in [0.05, 0.1) is 16.8 Å². The van der Waals surface area contributed by atoms with Crippen LogP contribution in [0.1, 0.15) is 12.1 Å². The summed E-state index contributed by atoms with van der Waals surface area (Å²) in [6.07, 6.45) is 4.21. The zero-order chi connectivity index (χ0) is 16.8. The van der Waals surface area contributed by atoms with Gasteiger partial charge in [0.25, 0.3) is 0 Å². The quantitative estimate of drug-likeness (QED) is 0.675. The molecule has 8 heteroatoms. The summed E-state index contributed by atoms with van der Waals surface area (Å²) < 4.78 is 1.73. The molecule has 0 atom stereocenters. The van der Waals surface area contributed by atoms with Crippen LogP contribution in [0.15, 0.2) is 42.7 Å². The van der Waals surface area contributed by atoms with Gasteiger partial charge in [-0.25, -0.2) is 9.78 Å². The Morgan fingerprint density at radius 3 is 2.88 bits per heavy atom. The topological polar surface area (TPSA) is 84.7 Å². The van der Waals surface area contributed by atoms with E-state index >= 15 is 0 Å². The Morgan fingerprint density at radius 2 is 2.12 bits per heavy atom. The van der Waals surface area contributed by atoms with Crippen molar-refractivity contribution in [3.8, 4) is 10.4 Å². The largest absolute Gasteiger partial charge is 0.338 e. The Morgan fingerprint density at radius 1 is 1.29 bits per heavy atom. The van der Waals surface area contributed by atoms with E-state index in [-0.39, 0.29) is 6.03 Å². The highest BCUT2D eigenvalue weighted by Gasteiger charge is 2.11. The van der Waals surface area contributed by atoms with E-state index in [0.717, 1.165) is 29.1 Å². The van der Waals surface area contributed by atoms with Gasteiger partial charge in [-0.3, -0.25) is 10.00 Å².